The van der Waals surface area contributed by atoms with Crippen molar-refractivity contribution in [2.24, 2.45) is 5.92 Å². The summed E-state index contributed by atoms with van der Waals surface area (Å²) in [5, 5.41) is 3.21. The standard InChI is InChI=1S/C15H29N5O/c1-6-10-16-13-17-14(19-15(18-13)21-9-4)20(8-3)11-12(5)7-2/h12H,6-11H2,1-5H3,(H,16,17,18,19). The second-order valence-electron chi connectivity index (χ2n) is 5.15. The van der Waals surface area contributed by atoms with Crippen LogP contribution < -0.4 is 15.0 Å². The maximum absolute atomic E-state index is 5.46. The Morgan fingerprint density at radius 3 is 2.48 bits per heavy atom. The van der Waals surface area contributed by atoms with E-state index >= 15 is 0 Å². The van der Waals surface area contributed by atoms with Gasteiger partial charge in [-0.1, -0.05) is 27.2 Å². The lowest BCUT2D eigenvalue weighted by atomic mass is 10.1. The fourth-order valence-corrected chi connectivity index (χ4v) is 1.85. The molecule has 0 spiro atoms. The van der Waals surface area contributed by atoms with Crippen LogP contribution in [0.2, 0.25) is 0 Å². The number of nitrogens with one attached hydrogen (secondary N) is 1. The zero-order chi connectivity index (χ0) is 15.7. The van der Waals surface area contributed by atoms with E-state index in [1.54, 1.807) is 0 Å². The number of hydrogen-bond acceptors (Lipinski definition) is 6. The molecule has 0 fully saturated rings. The molecule has 1 heterocycles. The van der Waals surface area contributed by atoms with E-state index in [2.05, 4.69) is 52.9 Å². The van der Waals surface area contributed by atoms with E-state index in [-0.39, 0.29) is 0 Å². The zero-order valence-corrected chi connectivity index (χ0v) is 14.0. The van der Waals surface area contributed by atoms with E-state index in [9.17, 15) is 0 Å². The van der Waals surface area contributed by atoms with Gasteiger partial charge >= 0.3 is 6.01 Å². The third kappa shape index (κ3) is 5.73. The normalized spacial score (nSPS) is 12.0. The van der Waals surface area contributed by atoms with Crippen molar-refractivity contribution in [1.82, 2.24) is 15.0 Å². The Balaban J connectivity index is 2.97. The summed E-state index contributed by atoms with van der Waals surface area (Å²) >= 11 is 0. The predicted octanol–water partition coefficient (Wildman–Crippen LogP) is 2.96. The molecule has 0 saturated heterocycles. The molecule has 0 aliphatic carbocycles. The molecule has 6 nitrogen and oxygen atoms in total. The van der Waals surface area contributed by atoms with Crippen LogP contribution in [0.1, 0.15) is 47.5 Å². The minimum absolute atomic E-state index is 0.392. The SMILES string of the molecule is CCCNc1nc(OCC)nc(N(CC)CC(C)CC)n1. The van der Waals surface area contributed by atoms with Gasteiger partial charge in [0.25, 0.3) is 0 Å². The van der Waals surface area contributed by atoms with Crippen molar-refractivity contribution in [2.45, 2.75) is 47.5 Å². The van der Waals surface area contributed by atoms with Gasteiger partial charge in [0.05, 0.1) is 6.61 Å². The number of aromatic nitrogens is 3. The van der Waals surface area contributed by atoms with E-state index in [1.165, 1.54) is 0 Å². The number of nitrogens with zero attached hydrogens (tertiary/aromatic N) is 4. The number of hydrogen-bond donors (Lipinski definition) is 1. The first-order valence-electron chi connectivity index (χ1n) is 8.02. The maximum Gasteiger partial charge on any atom is 0.323 e. The molecule has 1 aromatic rings. The third-order valence-corrected chi connectivity index (χ3v) is 3.30. The lowest BCUT2D eigenvalue weighted by Crippen LogP contribution is -2.30. The fraction of sp³-hybridized carbons (Fsp3) is 0.800. The second kappa shape index (κ2) is 9.37. The molecule has 120 valence electrons. The lowest BCUT2D eigenvalue weighted by molar-refractivity contribution is 0.311. The van der Waals surface area contributed by atoms with Gasteiger partial charge in [-0.15, -0.1) is 0 Å². The second-order valence-corrected chi connectivity index (χ2v) is 5.15. The van der Waals surface area contributed by atoms with Crippen molar-refractivity contribution < 1.29 is 4.74 Å². The Hall–Kier alpha value is -1.59. The molecule has 0 aliphatic rings. The number of ether oxygens (including phenoxy) is 1. The van der Waals surface area contributed by atoms with Crippen molar-refractivity contribution in [2.75, 3.05) is 36.5 Å². The van der Waals surface area contributed by atoms with Gasteiger partial charge < -0.3 is 15.0 Å². The topological polar surface area (TPSA) is 63.2 Å². The highest BCUT2D eigenvalue weighted by Crippen LogP contribution is 2.17. The molecule has 0 aliphatic heterocycles. The summed E-state index contributed by atoms with van der Waals surface area (Å²) in [5.41, 5.74) is 0. The molecule has 1 rings (SSSR count). The van der Waals surface area contributed by atoms with Crippen molar-refractivity contribution in [3.63, 3.8) is 0 Å². The Kier molecular flexibility index (Phi) is 7.79. The molecular weight excluding hydrogens is 266 g/mol. The maximum atomic E-state index is 5.46. The summed E-state index contributed by atoms with van der Waals surface area (Å²) < 4.78 is 5.46. The third-order valence-electron chi connectivity index (χ3n) is 3.30. The molecule has 0 bridgehead atoms. The Labute approximate surface area is 128 Å². The van der Waals surface area contributed by atoms with Gasteiger partial charge in [-0.3, -0.25) is 0 Å². The summed E-state index contributed by atoms with van der Waals surface area (Å²) in [7, 11) is 0. The highest BCUT2D eigenvalue weighted by Gasteiger charge is 2.15. The van der Waals surface area contributed by atoms with Crippen molar-refractivity contribution in [3.8, 4) is 6.01 Å². The van der Waals surface area contributed by atoms with E-state index in [0.717, 1.165) is 32.5 Å². The van der Waals surface area contributed by atoms with Gasteiger partial charge in [0.15, 0.2) is 0 Å². The molecule has 0 amide bonds. The summed E-state index contributed by atoms with van der Waals surface area (Å²) in [4.78, 5) is 15.4. The van der Waals surface area contributed by atoms with Crippen LogP contribution in [0.5, 0.6) is 6.01 Å². The predicted molar refractivity (Wildman–Crippen MR) is 87.1 cm³/mol. The fourth-order valence-electron chi connectivity index (χ4n) is 1.85. The average molecular weight is 295 g/mol. The molecule has 1 unspecified atom stereocenters. The van der Waals surface area contributed by atoms with E-state index in [1.807, 2.05) is 6.92 Å². The van der Waals surface area contributed by atoms with E-state index < -0.39 is 0 Å². The van der Waals surface area contributed by atoms with Gasteiger partial charge in [-0.2, -0.15) is 15.0 Å². The first-order valence-corrected chi connectivity index (χ1v) is 8.02. The average Bonchev–Trinajstić information content (AvgIpc) is 2.50. The molecule has 0 radical (unpaired) electrons. The van der Waals surface area contributed by atoms with Crippen LogP contribution in [0, 0.1) is 5.92 Å². The van der Waals surface area contributed by atoms with Gasteiger partial charge in [-0.05, 0) is 26.2 Å². The largest absolute Gasteiger partial charge is 0.464 e. The van der Waals surface area contributed by atoms with Gasteiger partial charge in [-0.25, -0.2) is 0 Å². The number of anilines is 2. The highest BCUT2D eigenvalue weighted by atomic mass is 16.5. The lowest BCUT2D eigenvalue weighted by Gasteiger charge is -2.24. The molecule has 1 aromatic heterocycles. The number of rotatable bonds is 10. The molecule has 0 saturated carbocycles. The molecule has 6 heteroatoms. The quantitative estimate of drug-likeness (QED) is 0.716. The Bertz CT molecular complexity index is 413. The monoisotopic (exact) mass is 295 g/mol. The zero-order valence-electron chi connectivity index (χ0n) is 14.0. The van der Waals surface area contributed by atoms with E-state index in [4.69, 9.17) is 4.74 Å². The molecule has 21 heavy (non-hydrogen) atoms. The van der Waals surface area contributed by atoms with Crippen LogP contribution in [0.4, 0.5) is 11.9 Å². The van der Waals surface area contributed by atoms with Crippen molar-refractivity contribution in [1.29, 1.82) is 0 Å². The van der Waals surface area contributed by atoms with Crippen LogP contribution in [-0.2, 0) is 0 Å². The van der Waals surface area contributed by atoms with Crippen molar-refractivity contribution in [3.05, 3.63) is 0 Å². The molecular formula is C15H29N5O. The van der Waals surface area contributed by atoms with E-state index in [0.29, 0.717) is 30.4 Å². The molecule has 1 N–H and O–H groups in total. The van der Waals surface area contributed by atoms with Crippen LogP contribution >= 0.6 is 0 Å². The van der Waals surface area contributed by atoms with Crippen LogP contribution in [0.25, 0.3) is 0 Å². The summed E-state index contributed by atoms with van der Waals surface area (Å²) in [6.45, 7) is 13.8. The van der Waals surface area contributed by atoms with Gasteiger partial charge in [0.2, 0.25) is 11.9 Å². The summed E-state index contributed by atoms with van der Waals surface area (Å²) in [5.74, 6) is 1.88. The van der Waals surface area contributed by atoms with Gasteiger partial charge in [0.1, 0.15) is 0 Å². The molecule has 1 atom stereocenters. The Morgan fingerprint density at radius 1 is 1.14 bits per heavy atom. The van der Waals surface area contributed by atoms with Crippen LogP contribution in [0.3, 0.4) is 0 Å². The van der Waals surface area contributed by atoms with Crippen LogP contribution in [0.15, 0.2) is 0 Å². The highest BCUT2D eigenvalue weighted by molar-refractivity contribution is 5.38. The van der Waals surface area contributed by atoms with Gasteiger partial charge in [0, 0.05) is 19.6 Å². The van der Waals surface area contributed by atoms with Crippen molar-refractivity contribution >= 4 is 11.9 Å². The molecule has 0 aromatic carbocycles. The smallest absolute Gasteiger partial charge is 0.323 e. The summed E-state index contributed by atoms with van der Waals surface area (Å²) in [6.07, 6.45) is 2.16. The first kappa shape index (κ1) is 17.5. The summed E-state index contributed by atoms with van der Waals surface area (Å²) in [6, 6.07) is 0.392. The minimum atomic E-state index is 0.392. The minimum Gasteiger partial charge on any atom is -0.464 e. The Morgan fingerprint density at radius 2 is 1.90 bits per heavy atom. The van der Waals surface area contributed by atoms with Crippen LogP contribution in [-0.4, -0.2) is 41.2 Å². The first-order chi connectivity index (χ1) is 10.1.